The summed E-state index contributed by atoms with van der Waals surface area (Å²) in [5.74, 6) is 1.80. The van der Waals surface area contributed by atoms with Crippen LogP contribution in [0.25, 0.3) is 0 Å². The number of ether oxygens (including phenoxy) is 1. The Morgan fingerprint density at radius 1 is 1.23 bits per heavy atom. The van der Waals surface area contributed by atoms with E-state index >= 15 is 0 Å². The van der Waals surface area contributed by atoms with Gasteiger partial charge in [-0.25, -0.2) is 4.98 Å². The van der Waals surface area contributed by atoms with E-state index in [0.717, 1.165) is 31.6 Å². The number of amides is 1. The van der Waals surface area contributed by atoms with Crippen LogP contribution in [0.4, 0.5) is 5.69 Å². The summed E-state index contributed by atoms with van der Waals surface area (Å²) < 4.78 is 5.62. The van der Waals surface area contributed by atoms with Crippen molar-refractivity contribution < 1.29 is 9.53 Å². The zero-order valence-electron chi connectivity index (χ0n) is 14.1. The normalized spacial score (nSPS) is 15.5. The third-order valence-corrected chi connectivity index (χ3v) is 4.23. The highest BCUT2D eigenvalue weighted by Gasteiger charge is 2.15. The number of hydrogen-bond acceptors (Lipinski definition) is 4. The summed E-state index contributed by atoms with van der Waals surface area (Å²) in [5.41, 5.74) is 0.765. The van der Waals surface area contributed by atoms with E-state index < -0.39 is 0 Å². The van der Waals surface area contributed by atoms with Gasteiger partial charge in [0, 0.05) is 24.4 Å². The number of anilines is 1. The quantitative estimate of drug-likeness (QED) is 0.714. The molecular weight excluding hydrogens is 397 g/mol. The molecule has 2 heterocycles. The average Bonchev–Trinajstić information content (AvgIpc) is 3.10. The van der Waals surface area contributed by atoms with E-state index in [1.165, 1.54) is 6.20 Å². The molecule has 1 unspecified atom stereocenters. The maximum absolute atomic E-state index is 12.0. The number of benzene rings is 1. The number of rotatable bonds is 6. The van der Waals surface area contributed by atoms with Crippen LogP contribution in [0.2, 0.25) is 5.02 Å². The van der Waals surface area contributed by atoms with Crippen LogP contribution in [0.5, 0.6) is 11.6 Å². The minimum absolute atomic E-state index is 0. The van der Waals surface area contributed by atoms with E-state index in [2.05, 4.69) is 15.6 Å². The van der Waals surface area contributed by atoms with Crippen molar-refractivity contribution in [3.8, 4) is 11.6 Å². The highest BCUT2D eigenvalue weighted by Crippen LogP contribution is 2.22. The first-order valence-corrected chi connectivity index (χ1v) is 8.47. The lowest BCUT2D eigenvalue weighted by Crippen LogP contribution is -2.14. The van der Waals surface area contributed by atoms with Crippen molar-refractivity contribution in [2.45, 2.75) is 19.3 Å². The van der Waals surface area contributed by atoms with E-state index in [0.29, 0.717) is 29.0 Å². The topological polar surface area (TPSA) is 63.2 Å². The molecule has 2 aromatic rings. The molecule has 0 radical (unpaired) electrons. The molecule has 5 nitrogen and oxygen atoms in total. The summed E-state index contributed by atoms with van der Waals surface area (Å²) >= 11 is 5.79. The summed E-state index contributed by atoms with van der Waals surface area (Å²) in [7, 11) is 0. The zero-order chi connectivity index (χ0) is 16.8. The lowest BCUT2D eigenvalue weighted by Gasteiger charge is -2.09. The summed E-state index contributed by atoms with van der Waals surface area (Å²) in [4.78, 5) is 16.1. The summed E-state index contributed by atoms with van der Waals surface area (Å²) in [5, 5.41) is 6.80. The second-order valence-electron chi connectivity index (χ2n) is 5.89. The zero-order valence-corrected chi connectivity index (χ0v) is 16.5. The first-order valence-electron chi connectivity index (χ1n) is 8.09. The number of aromatic nitrogens is 1. The Labute approximate surface area is 170 Å². The van der Waals surface area contributed by atoms with E-state index in [1.54, 1.807) is 24.3 Å². The number of nitrogens with zero attached hydrogens (tertiary/aromatic N) is 1. The molecule has 0 spiro atoms. The fourth-order valence-electron chi connectivity index (χ4n) is 2.67. The molecule has 3 rings (SSSR count). The molecular formula is C18H22Cl3N3O2. The number of nitrogens with one attached hydrogen (secondary N) is 2. The predicted molar refractivity (Wildman–Crippen MR) is 109 cm³/mol. The largest absolute Gasteiger partial charge is 0.439 e. The Balaban J connectivity index is 0.00000169. The van der Waals surface area contributed by atoms with Crippen molar-refractivity contribution in [2.24, 2.45) is 5.92 Å². The van der Waals surface area contributed by atoms with Crippen molar-refractivity contribution in [3.63, 3.8) is 0 Å². The number of hydrogen-bond donors (Lipinski definition) is 2. The first-order chi connectivity index (χ1) is 11.7. The van der Waals surface area contributed by atoms with Crippen LogP contribution in [-0.2, 0) is 4.79 Å². The van der Waals surface area contributed by atoms with Gasteiger partial charge in [0.05, 0.1) is 5.02 Å². The molecule has 8 heteroatoms. The Bertz CT molecular complexity index is 675. The van der Waals surface area contributed by atoms with Gasteiger partial charge in [0.15, 0.2) is 0 Å². The average molecular weight is 419 g/mol. The molecule has 1 saturated heterocycles. The standard InChI is InChI=1S/C18H20ClN3O2.2ClH/c19-14-2-8-18(21-12-14)24-16-5-3-15(4-6-16)22-17(23)7-1-13-9-10-20-11-13;;/h2-6,8,12-13,20H,1,7,9-11H2,(H,22,23);2*1H. The van der Waals surface area contributed by atoms with Crippen molar-refractivity contribution in [3.05, 3.63) is 47.6 Å². The fraction of sp³-hybridized carbons (Fsp3) is 0.333. The number of pyridine rings is 1. The van der Waals surface area contributed by atoms with Crippen LogP contribution < -0.4 is 15.4 Å². The van der Waals surface area contributed by atoms with E-state index in [4.69, 9.17) is 16.3 Å². The van der Waals surface area contributed by atoms with Crippen molar-refractivity contribution in [1.82, 2.24) is 10.3 Å². The minimum Gasteiger partial charge on any atom is -0.439 e. The molecule has 0 saturated carbocycles. The van der Waals surface area contributed by atoms with Crippen molar-refractivity contribution >= 4 is 48.0 Å². The van der Waals surface area contributed by atoms with Gasteiger partial charge in [0.25, 0.3) is 0 Å². The van der Waals surface area contributed by atoms with E-state index in [-0.39, 0.29) is 30.7 Å². The van der Waals surface area contributed by atoms with E-state index in [1.807, 2.05) is 12.1 Å². The predicted octanol–water partition coefficient (Wildman–Crippen LogP) is 4.70. The van der Waals surface area contributed by atoms with Gasteiger partial charge < -0.3 is 15.4 Å². The van der Waals surface area contributed by atoms with Crippen molar-refractivity contribution in [2.75, 3.05) is 18.4 Å². The molecule has 2 N–H and O–H groups in total. The molecule has 1 aliphatic rings. The monoisotopic (exact) mass is 417 g/mol. The highest BCUT2D eigenvalue weighted by atomic mass is 35.5. The molecule has 1 aliphatic heterocycles. The van der Waals surface area contributed by atoms with Gasteiger partial charge in [-0.3, -0.25) is 4.79 Å². The summed E-state index contributed by atoms with van der Waals surface area (Å²) in [6, 6.07) is 10.7. The van der Waals surface area contributed by atoms with Crippen LogP contribution in [0.1, 0.15) is 19.3 Å². The van der Waals surface area contributed by atoms with Crippen molar-refractivity contribution in [1.29, 1.82) is 0 Å². The lowest BCUT2D eigenvalue weighted by molar-refractivity contribution is -0.116. The van der Waals surface area contributed by atoms with Crippen LogP contribution >= 0.6 is 36.4 Å². The third-order valence-electron chi connectivity index (χ3n) is 4.00. The number of carbonyl (C=O) groups excluding carboxylic acids is 1. The second-order valence-corrected chi connectivity index (χ2v) is 6.32. The smallest absolute Gasteiger partial charge is 0.224 e. The van der Waals surface area contributed by atoms with Crippen LogP contribution in [0.15, 0.2) is 42.6 Å². The number of halogens is 3. The Kier molecular flexibility index (Phi) is 9.73. The summed E-state index contributed by atoms with van der Waals surface area (Å²) in [6.07, 6.45) is 4.19. The summed E-state index contributed by atoms with van der Waals surface area (Å²) in [6.45, 7) is 2.09. The van der Waals surface area contributed by atoms with Gasteiger partial charge in [0.2, 0.25) is 11.8 Å². The number of carbonyl (C=O) groups is 1. The van der Waals surface area contributed by atoms with Gasteiger partial charge in [-0.05, 0) is 62.2 Å². The molecule has 142 valence electrons. The van der Waals surface area contributed by atoms with Crippen LogP contribution in [0.3, 0.4) is 0 Å². The maximum Gasteiger partial charge on any atom is 0.224 e. The first kappa shape index (κ1) is 22.5. The van der Waals surface area contributed by atoms with Crippen LogP contribution in [-0.4, -0.2) is 24.0 Å². The molecule has 1 aromatic carbocycles. The van der Waals surface area contributed by atoms with E-state index in [9.17, 15) is 4.79 Å². The van der Waals surface area contributed by atoms with Gasteiger partial charge in [0.1, 0.15) is 5.75 Å². The van der Waals surface area contributed by atoms with Gasteiger partial charge in [-0.15, -0.1) is 24.8 Å². The molecule has 1 aromatic heterocycles. The Morgan fingerprint density at radius 2 is 2.00 bits per heavy atom. The molecule has 1 fully saturated rings. The molecule has 1 atom stereocenters. The maximum atomic E-state index is 12.0. The second kappa shape index (κ2) is 11.2. The van der Waals surface area contributed by atoms with Gasteiger partial charge >= 0.3 is 0 Å². The molecule has 1 amide bonds. The highest BCUT2D eigenvalue weighted by molar-refractivity contribution is 6.30. The van der Waals surface area contributed by atoms with Crippen LogP contribution in [0, 0.1) is 5.92 Å². The third kappa shape index (κ3) is 7.00. The van der Waals surface area contributed by atoms with Gasteiger partial charge in [-0.1, -0.05) is 11.6 Å². The Hall–Kier alpha value is -1.53. The molecule has 26 heavy (non-hydrogen) atoms. The minimum atomic E-state index is 0. The molecule has 0 bridgehead atoms. The van der Waals surface area contributed by atoms with Gasteiger partial charge in [-0.2, -0.15) is 0 Å². The lowest BCUT2D eigenvalue weighted by atomic mass is 10.0. The molecule has 0 aliphatic carbocycles. The Morgan fingerprint density at radius 3 is 2.62 bits per heavy atom. The fourth-order valence-corrected chi connectivity index (χ4v) is 2.78. The SMILES string of the molecule is Cl.Cl.O=C(CCC1CCNC1)Nc1ccc(Oc2ccc(Cl)cn2)cc1.